The Labute approximate surface area is 255 Å². The van der Waals surface area contributed by atoms with Crippen LogP contribution in [0.25, 0.3) is 21.5 Å². The summed E-state index contributed by atoms with van der Waals surface area (Å²) < 4.78 is 0. The Hall–Kier alpha value is -4.61. The minimum Gasteiger partial charge on any atom is -0.400 e. The van der Waals surface area contributed by atoms with Gasteiger partial charge in [0, 0.05) is 31.3 Å². The third kappa shape index (κ3) is 10.6. The van der Waals surface area contributed by atoms with Gasteiger partial charge in [-0.05, 0) is 64.2 Å². The number of hydrogen-bond acceptors (Lipinski definition) is 4. The molecule has 4 heteroatoms. The van der Waals surface area contributed by atoms with E-state index in [1.165, 1.54) is 38.2 Å². The molecule has 0 fully saturated rings. The molecular weight excluding hydrogens is 528 g/mol. The molecule has 0 heterocycles. The van der Waals surface area contributed by atoms with Gasteiger partial charge in [0.05, 0.1) is 0 Å². The minimum absolute atomic E-state index is 0.115. The van der Waals surface area contributed by atoms with Crippen molar-refractivity contribution >= 4 is 27.8 Å². The Morgan fingerprint density at radius 3 is 1.53 bits per heavy atom. The fraction of sp³-hybridized carbons (Fsp3) is 0.154. The number of carbonyl (C=O) groups excluding carboxylic acids is 1. The first kappa shape index (κ1) is 32.9. The number of nitrogens with one attached hydrogen (secondary N) is 1. The average Bonchev–Trinajstić information content (AvgIpc) is 3.09. The Bertz CT molecular complexity index is 1650. The number of nitrogens with two attached hydrogens (primary N) is 1. The largest absolute Gasteiger partial charge is 0.400 e. The molecule has 2 unspecified atom stereocenters. The van der Waals surface area contributed by atoms with Crippen LogP contribution in [0.4, 0.5) is 0 Å². The van der Waals surface area contributed by atoms with Crippen LogP contribution in [0.5, 0.6) is 0 Å². The zero-order valence-electron chi connectivity index (χ0n) is 25.2. The van der Waals surface area contributed by atoms with Crippen molar-refractivity contribution in [3.8, 4) is 0 Å². The summed E-state index contributed by atoms with van der Waals surface area (Å²) in [5, 5.41) is 15.7. The number of aldehydes is 1. The lowest BCUT2D eigenvalue weighted by molar-refractivity contribution is 0.112. The van der Waals surface area contributed by atoms with Crippen molar-refractivity contribution in [2.75, 3.05) is 7.11 Å². The number of rotatable bonds is 6. The highest BCUT2D eigenvalue weighted by atomic mass is 16.2. The van der Waals surface area contributed by atoms with Crippen LogP contribution in [0.3, 0.4) is 0 Å². The first-order chi connectivity index (χ1) is 21.0. The smallest absolute Gasteiger partial charge is 0.150 e. The topological polar surface area (TPSA) is 75.3 Å². The fourth-order valence-electron chi connectivity index (χ4n) is 4.48. The van der Waals surface area contributed by atoms with Crippen LogP contribution < -0.4 is 11.1 Å². The minimum atomic E-state index is 0.115. The molecule has 43 heavy (non-hydrogen) atoms. The van der Waals surface area contributed by atoms with Crippen LogP contribution >= 0.6 is 0 Å². The molecule has 6 aromatic carbocycles. The molecule has 0 spiro atoms. The molecule has 4 nitrogen and oxygen atoms in total. The van der Waals surface area contributed by atoms with Crippen molar-refractivity contribution in [2.45, 2.75) is 32.5 Å². The number of aliphatic hydroxyl groups excluding tert-OH is 1. The Morgan fingerprint density at radius 1 is 0.605 bits per heavy atom. The van der Waals surface area contributed by atoms with E-state index in [4.69, 9.17) is 10.8 Å². The second-order valence-corrected chi connectivity index (χ2v) is 10.1. The van der Waals surface area contributed by atoms with Crippen molar-refractivity contribution in [2.24, 2.45) is 5.73 Å². The highest BCUT2D eigenvalue weighted by Crippen LogP contribution is 2.21. The molecule has 0 aliphatic carbocycles. The standard InChI is InChI=1S/C19H19N.C12H13N.C7H6O.CH4O/c1-15(20-14-16-7-3-2-4-8-16)18-12-11-17-9-5-6-10-19(17)13-18;1-9(13)11-7-6-10-4-2-3-5-12(10)8-11;8-6-7-4-2-1-3-5-7;1-2/h2-13,15,20H,14H2,1H3;2-9H,13H2,1H3;1-6H;2H,1H3. The van der Waals surface area contributed by atoms with Crippen LogP contribution in [0, 0.1) is 0 Å². The van der Waals surface area contributed by atoms with E-state index in [0.717, 1.165) is 25.5 Å². The Balaban J connectivity index is 0.000000189. The predicted molar refractivity (Wildman–Crippen MR) is 182 cm³/mol. The van der Waals surface area contributed by atoms with Crippen LogP contribution in [0.1, 0.15) is 53.0 Å². The third-order valence-corrected chi connectivity index (χ3v) is 6.96. The van der Waals surface area contributed by atoms with Gasteiger partial charge in [-0.1, -0.05) is 133 Å². The molecule has 6 rings (SSSR count). The van der Waals surface area contributed by atoms with E-state index in [0.29, 0.717) is 6.04 Å². The molecule has 6 aromatic rings. The molecule has 220 valence electrons. The molecule has 0 aliphatic rings. The Kier molecular flexibility index (Phi) is 13.8. The van der Waals surface area contributed by atoms with Crippen LogP contribution in [0.2, 0.25) is 0 Å². The fourth-order valence-corrected chi connectivity index (χ4v) is 4.48. The van der Waals surface area contributed by atoms with Gasteiger partial charge in [-0.2, -0.15) is 0 Å². The monoisotopic (exact) mass is 570 g/mol. The van der Waals surface area contributed by atoms with Gasteiger partial charge in [0.25, 0.3) is 0 Å². The highest BCUT2D eigenvalue weighted by molar-refractivity contribution is 5.83. The molecular formula is C39H42N2O2. The van der Waals surface area contributed by atoms with Crippen molar-refractivity contribution in [3.05, 3.63) is 168 Å². The average molecular weight is 571 g/mol. The number of aliphatic hydroxyl groups is 1. The molecule has 4 N–H and O–H groups in total. The van der Waals surface area contributed by atoms with E-state index in [1.807, 2.05) is 37.3 Å². The van der Waals surface area contributed by atoms with Gasteiger partial charge in [0.2, 0.25) is 0 Å². The molecule has 0 saturated heterocycles. The highest BCUT2D eigenvalue weighted by Gasteiger charge is 2.05. The van der Waals surface area contributed by atoms with Crippen LogP contribution in [0.15, 0.2) is 146 Å². The van der Waals surface area contributed by atoms with Gasteiger partial charge in [-0.15, -0.1) is 0 Å². The van der Waals surface area contributed by atoms with Gasteiger partial charge in [0.15, 0.2) is 0 Å². The quantitative estimate of drug-likeness (QED) is 0.175. The van der Waals surface area contributed by atoms with Gasteiger partial charge in [0.1, 0.15) is 6.29 Å². The first-order valence-corrected chi connectivity index (χ1v) is 14.5. The van der Waals surface area contributed by atoms with Crippen molar-refractivity contribution in [1.82, 2.24) is 5.32 Å². The summed E-state index contributed by atoms with van der Waals surface area (Å²) >= 11 is 0. The first-order valence-electron chi connectivity index (χ1n) is 14.5. The summed E-state index contributed by atoms with van der Waals surface area (Å²) in [6, 6.07) is 50.0. The van der Waals surface area contributed by atoms with E-state index >= 15 is 0 Å². The summed E-state index contributed by atoms with van der Waals surface area (Å²) in [7, 11) is 1.00. The second kappa shape index (κ2) is 18.0. The molecule has 0 radical (unpaired) electrons. The maximum absolute atomic E-state index is 10.0. The van der Waals surface area contributed by atoms with Gasteiger partial charge >= 0.3 is 0 Å². The lowest BCUT2D eigenvalue weighted by Crippen LogP contribution is -2.17. The number of carbonyl (C=O) groups is 1. The van der Waals surface area contributed by atoms with Crippen molar-refractivity contribution in [1.29, 1.82) is 0 Å². The molecule has 0 bridgehead atoms. The molecule has 0 saturated carbocycles. The van der Waals surface area contributed by atoms with E-state index in [-0.39, 0.29) is 6.04 Å². The number of fused-ring (bicyclic) bond motifs is 2. The lowest BCUT2D eigenvalue weighted by Gasteiger charge is -2.15. The van der Waals surface area contributed by atoms with E-state index in [9.17, 15) is 4.79 Å². The number of benzene rings is 6. The van der Waals surface area contributed by atoms with Crippen LogP contribution in [-0.2, 0) is 6.54 Å². The van der Waals surface area contributed by atoms with E-state index in [1.54, 1.807) is 12.1 Å². The van der Waals surface area contributed by atoms with Gasteiger partial charge in [-0.3, -0.25) is 4.79 Å². The van der Waals surface area contributed by atoms with Crippen LogP contribution in [-0.4, -0.2) is 18.5 Å². The molecule has 0 aliphatic heterocycles. The van der Waals surface area contributed by atoms with E-state index < -0.39 is 0 Å². The van der Waals surface area contributed by atoms with Gasteiger partial charge in [-0.25, -0.2) is 0 Å². The summed E-state index contributed by atoms with van der Waals surface area (Å²) in [5.74, 6) is 0. The van der Waals surface area contributed by atoms with E-state index in [2.05, 4.69) is 115 Å². The lowest BCUT2D eigenvalue weighted by atomic mass is 10.0. The third-order valence-electron chi connectivity index (χ3n) is 6.96. The van der Waals surface area contributed by atoms with Gasteiger partial charge < -0.3 is 16.2 Å². The summed E-state index contributed by atoms with van der Waals surface area (Å²) in [6.07, 6.45) is 0.833. The maximum Gasteiger partial charge on any atom is 0.150 e. The molecule has 0 amide bonds. The Morgan fingerprint density at radius 2 is 1.05 bits per heavy atom. The SMILES string of the molecule is CC(N)c1ccc2ccccc2c1.CC(NCc1ccccc1)c1ccc2ccccc2c1.CO.O=Cc1ccccc1. The van der Waals surface area contributed by atoms with Crippen molar-refractivity contribution < 1.29 is 9.90 Å². The summed E-state index contributed by atoms with van der Waals surface area (Å²) in [4.78, 5) is 10.0. The molecule has 0 aromatic heterocycles. The zero-order valence-corrected chi connectivity index (χ0v) is 25.2. The van der Waals surface area contributed by atoms with Crippen molar-refractivity contribution in [3.63, 3.8) is 0 Å². The predicted octanol–water partition coefficient (Wildman–Crippen LogP) is 8.66. The summed E-state index contributed by atoms with van der Waals surface area (Å²) in [6.45, 7) is 5.12. The maximum atomic E-state index is 10.0. The summed E-state index contributed by atoms with van der Waals surface area (Å²) in [5.41, 5.74) is 10.4. The second-order valence-electron chi connectivity index (χ2n) is 10.1. The number of hydrogen-bond donors (Lipinski definition) is 3. The molecule has 2 atom stereocenters. The normalized spacial score (nSPS) is 11.5. The zero-order chi connectivity index (χ0) is 30.9.